The smallest absolute Gasteiger partial charge is 0.404 e. The number of amides is 2. The summed E-state index contributed by atoms with van der Waals surface area (Å²) in [7, 11) is 0. The summed E-state index contributed by atoms with van der Waals surface area (Å²) in [4.78, 5) is 29.8. The van der Waals surface area contributed by atoms with Crippen molar-refractivity contribution in [3.05, 3.63) is 95.4 Å². The van der Waals surface area contributed by atoms with Crippen LogP contribution in [-0.4, -0.2) is 52.7 Å². The lowest BCUT2D eigenvalue weighted by Crippen LogP contribution is -2.40. The van der Waals surface area contributed by atoms with Crippen LogP contribution >= 0.6 is 0 Å². The molecule has 0 saturated carbocycles. The standard InChI is InChI=1S/C30H31FN4O3/c1-19-26-14-23(22-7-10-24(31)11-8-22)9-12-27(26)34-28(19)29(36)32-16-25-13-21(15-33-30(37)38)18-35(25)17-20-5-3-2-4-6-20/h2-12,14,21,25,33-34H,13,15-18H2,1H3,(H,32,36)(H,37,38)/t21-,25+/m1/s1. The van der Waals surface area contributed by atoms with Crippen molar-refractivity contribution in [1.29, 1.82) is 0 Å². The third-order valence-corrected chi connectivity index (χ3v) is 7.35. The molecule has 0 bridgehead atoms. The monoisotopic (exact) mass is 514 g/mol. The maximum atomic E-state index is 13.3. The summed E-state index contributed by atoms with van der Waals surface area (Å²) in [5.41, 5.74) is 5.29. The Kier molecular flexibility index (Phi) is 7.42. The lowest BCUT2D eigenvalue weighted by molar-refractivity contribution is 0.0935. The molecule has 1 saturated heterocycles. The van der Waals surface area contributed by atoms with Gasteiger partial charge in [0.05, 0.1) is 0 Å². The molecule has 1 aromatic heterocycles. The molecule has 2 atom stereocenters. The average Bonchev–Trinajstić information content (AvgIpc) is 3.46. The number of nitrogens with zero attached hydrogens (tertiary/aromatic N) is 1. The minimum Gasteiger partial charge on any atom is -0.465 e. The van der Waals surface area contributed by atoms with E-state index in [2.05, 4.69) is 32.7 Å². The molecule has 3 aromatic carbocycles. The molecule has 196 valence electrons. The van der Waals surface area contributed by atoms with Crippen molar-refractivity contribution in [2.75, 3.05) is 19.6 Å². The normalized spacial score (nSPS) is 17.5. The van der Waals surface area contributed by atoms with Crippen molar-refractivity contribution in [1.82, 2.24) is 20.5 Å². The van der Waals surface area contributed by atoms with Gasteiger partial charge in [0.1, 0.15) is 11.5 Å². The molecule has 4 N–H and O–H groups in total. The zero-order valence-corrected chi connectivity index (χ0v) is 21.2. The number of H-pyrrole nitrogens is 1. The lowest BCUT2D eigenvalue weighted by atomic mass is 10.0. The number of hydrogen-bond acceptors (Lipinski definition) is 3. The molecule has 8 heteroatoms. The van der Waals surface area contributed by atoms with E-state index in [4.69, 9.17) is 5.11 Å². The third-order valence-electron chi connectivity index (χ3n) is 7.35. The first-order valence-corrected chi connectivity index (χ1v) is 12.8. The van der Waals surface area contributed by atoms with Crippen LogP contribution in [-0.2, 0) is 6.54 Å². The summed E-state index contributed by atoms with van der Waals surface area (Å²) < 4.78 is 13.3. The number of aromatic nitrogens is 1. The molecule has 0 radical (unpaired) electrons. The molecule has 0 unspecified atom stereocenters. The van der Waals surface area contributed by atoms with E-state index in [1.165, 1.54) is 17.7 Å². The van der Waals surface area contributed by atoms with E-state index >= 15 is 0 Å². The predicted molar refractivity (Wildman–Crippen MR) is 146 cm³/mol. The second-order valence-corrected chi connectivity index (χ2v) is 9.96. The van der Waals surface area contributed by atoms with Crippen LogP contribution < -0.4 is 10.6 Å². The van der Waals surface area contributed by atoms with Crippen LogP contribution in [0.4, 0.5) is 9.18 Å². The van der Waals surface area contributed by atoms with Crippen LogP contribution in [0.2, 0.25) is 0 Å². The number of hydrogen-bond donors (Lipinski definition) is 4. The van der Waals surface area contributed by atoms with E-state index < -0.39 is 6.09 Å². The minimum atomic E-state index is -1.02. The number of rotatable bonds is 8. The van der Waals surface area contributed by atoms with Crippen LogP contribution in [0.25, 0.3) is 22.0 Å². The van der Waals surface area contributed by atoms with Gasteiger partial charge in [0, 0.05) is 43.1 Å². The van der Waals surface area contributed by atoms with Crippen molar-refractivity contribution in [3.63, 3.8) is 0 Å². The number of halogens is 1. The van der Waals surface area contributed by atoms with E-state index in [9.17, 15) is 14.0 Å². The van der Waals surface area contributed by atoms with Crippen LogP contribution in [0, 0.1) is 18.7 Å². The molecular weight excluding hydrogens is 483 g/mol. The largest absolute Gasteiger partial charge is 0.465 e. The first-order valence-electron chi connectivity index (χ1n) is 12.8. The zero-order chi connectivity index (χ0) is 26.6. The number of benzene rings is 3. The fraction of sp³-hybridized carbons (Fsp3) is 0.267. The number of likely N-dealkylation sites (tertiary alicyclic amines) is 1. The molecule has 7 nitrogen and oxygen atoms in total. The first kappa shape index (κ1) is 25.5. The van der Waals surface area contributed by atoms with Gasteiger partial charge in [-0.05, 0) is 65.8 Å². The number of carbonyl (C=O) groups excluding carboxylic acids is 1. The minimum absolute atomic E-state index is 0.0921. The van der Waals surface area contributed by atoms with E-state index in [1.54, 1.807) is 12.1 Å². The number of aryl methyl sites for hydroxylation is 1. The van der Waals surface area contributed by atoms with Crippen LogP contribution in [0.1, 0.15) is 28.0 Å². The predicted octanol–water partition coefficient (Wildman–Crippen LogP) is 5.17. The molecule has 2 heterocycles. The Morgan fingerprint density at radius 3 is 2.47 bits per heavy atom. The highest BCUT2D eigenvalue weighted by molar-refractivity contribution is 6.01. The van der Waals surface area contributed by atoms with Crippen molar-refractivity contribution in [2.24, 2.45) is 5.92 Å². The fourth-order valence-electron chi connectivity index (χ4n) is 5.37. The highest BCUT2D eigenvalue weighted by atomic mass is 19.1. The van der Waals surface area contributed by atoms with Gasteiger partial charge in [-0.3, -0.25) is 9.69 Å². The third kappa shape index (κ3) is 5.70. The van der Waals surface area contributed by atoms with Gasteiger partial charge >= 0.3 is 6.09 Å². The molecule has 0 spiro atoms. The molecule has 1 aliphatic heterocycles. The van der Waals surface area contributed by atoms with E-state index in [0.29, 0.717) is 18.8 Å². The summed E-state index contributed by atoms with van der Waals surface area (Å²) in [5, 5.41) is 15.6. The Hall–Kier alpha value is -4.17. The maximum Gasteiger partial charge on any atom is 0.404 e. The second kappa shape index (κ2) is 11.1. The van der Waals surface area contributed by atoms with E-state index in [-0.39, 0.29) is 23.7 Å². The fourth-order valence-corrected chi connectivity index (χ4v) is 5.37. The van der Waals surface area contributed by atoms with Crippen molar-refractivity contribution in [2.45, 2.75) is 25.9 Å². The quantitative estimate of drug-likeness (QED) is 0.261. The van der Waals surface area contributed by atoms with Gasteiger partial charge in [-0.1, -0.05) is 48.5 Å². The van der Waals surface area contributed by atoms with Gasteiger partial charge in [0.25, 0.3) is 5.91 Å². The van der Waals surface area contributed by atoms with E-state index in [1.807, 2.05) is 43.3 Å². The SMILES string of the molecule is Cc1c(C(=O)NC[C@@H]2C[C@H](CNC(=O)O)CN2Cc2ccccc2)[nH]c2ccc(-c3ccc(F)cc3)cc12. The molecule has 5 rings (SSSR count). The Morgan fingerprint density at radius 2 is 1.74 bits per heavy atom. The molecule has 38 heavy (non-hydrogen) atoms. The number of fused-ring (bicyclic) bond motifs is 1. The highest BCUT2D eigenvalue weighted by Gasteiger charge is 2.32. The Labute approximate surface area is 220 Å². The summed E-state index contributed by atoms with van der Waals surface area (Å²) in [5.74, 6) is -0.272. The zero-order valence-electron chi connectivity index (χ0n) is 21.2. The van der Waals surface area contributed by atoms with Gasteiger partial charge in [0.2, 0.25) is 0 Å². The number of aromatic amines is 1. The van der Waals surface area contributed by atoms with Gasteiger partial charge in [-0.15, -0.1) is 0 Å². The van der Waals surface area contributed by atoms with Crippen LogP contribution in [0.15, 0.2) is 72.8 Å². The van der Waals surface area contributed by atoms with Crippen molar-refractivity contribution >= 4 is 22.9 Å². The Morgan fingerprint density at radius 1 is 1.00 bits per heavy atom. The topological polar surface area (TPSA) is 97.5 Å². The highest BCUT2D eigenvalue weighted by Crippen LogP contribution is 2.29. The molecule has 1 aliphatic rings. The van der Waals surface area contributed by atoms with Crippen molar-refractivity contribution < 1.29 is 19.1 Å². The molecule has 4 aromatic rings. The molecule has 0 aliphatic carbocycles. The Balaban J connectivity index is 1.29. The molecule has 1 fully saturated rings. The van der Waals surface area contributed by atoms with Gasteiger partial charge in [-0.25, -0.2) is 9.18 Å². The van der Waals surface area contributed by atoms with Crippen molar-refractivity contribution in [3.8, 4) is 11.1 Å². The average molecular weight is 515 g/mol. The Bertz CT molecular complexity index is 1440. The summed E-state index contributed by atoms with van der Waals surface area (Å²) in [6.45, 7) is 4.27. The van der Waals surface area contributed by atoms with Gasteiger partial charge in [-0.2, -0.15) is 0 Å². The molecule has 2 amide bonds. The van der Waals surface area contributed by atoms with Gasteiger partial charge in [0.15, 0.2) is 0 Å². The number of nitrogens with one attached hydrogen (secondary N) is 3. The van der Waals surface area contributed by atoms with Gasteiger partial charge < -0.3 is 20.7 Å². The lowest BCUT2D eigenvalue weighted by Gasteiger charge is -2.24. The van der Waals surface area contributed by atoms with Crippen LogP contribution in [0.3, 0.4) is 0 Å². The first-order chi connectivity index (χ1) is 18.4. The maximum absolute atomic E-state index is 13.3. The van der Waals surface area contributed by atoms with Crippen LogP contribution in [0.5, 0.6) is 0 Å². The number of carboxylic acid groups (broad SMARTS) is 1. The summed E-state index contributed by atoms with van der Waals surface area (Å²) in [6, 6.07) is 22.5. The molecular formula is C30H31FN4O3. The second-order valence-electron chi connectivity index (χ2n) is 9.96. The summed E-state index contributed by atoms with van der Waals surface area (Å²) >= 11 is 0. The summed E-state index contributed by atoms with van der Waals surface area (Å²) in [6.07, 6.45) is -0.228. The van der Waals surface area contributed by atoms with E-state index in [0.717, 1.165) is 47.1 Å². The number of carbonyl (C=O) groups is 2.